The van der Waals surface area contributed by atoms with Gasteiger partial charge < -0.3 is 15.2 Å². The highest BCUT2D eigenvalue weighted by Gasteiger charge is 2.12. The number of hydrogen-bond donors (Lipinski definition) is 2. The van der Waals surface area contributed by atoms with E-state index >= 15 is 0 Å². The van der Waals surface area contributed by atoms with E-state index in [4.69, 9.17) is 27.4 Å². The minimum atomic E-state index is -0.0677. The molecular formula is C14H22ClN3O2S. The molecule has 0 amide bonds. The van der Waals surface area contributed by atoms with Crippen molar-refractivity contribution in [2.24, 2.45) is 5.73 Å². The largest absolute Gasteiger partial charge is 0.468 e. The lowest BCUT2D eigenvalue weighted by Gasteiger charge is -2.28. The SMILES string of the molecule is Cl.N[C@@H](COC(=S)NN1CCOCC1)Cc1ccccc1. The summed E-state index contributed by atoms with van der Waals surface area (Å²) < 4.78 is 10.8. The maximum absolute atomic E-state index is 6.04. The molecule has 1 heterocycles. The van der Waals surface area contributed by atoms with E-state index in [9.17, 15) is 0 Å². The number of thiocarbonyl (C=S) groups is 1. The molecule has 3 N–H and O–H groups in total. The van der Waals surface area contributed by atoms with Crippen molar-refractivity contribution in [3.05, 3.63) is 35.9 Å². The Morgan fingerprint density at radius 2 is 2.00 bits per heavy atom. The third-order valence-electron chi connectivity index (χ3n) is 3.03. The van der Waals surface area contributed by atoms with Crippen molar-refractivity contribution in [2.75, 3.05) is 32.9 Å². The maximum atomic E-state index is 6.04. The Morgan fingerprint density at radius 3 is 2.67 bits per heavy atom. The Labute approximate surface area is 137 Å². The zero-order valence-electron chi connectivity index (χ0n) is 11.9. The minimum absolute atomic E-state index is 0. The summed E-state index contributed by atoms with van der Waals surface area (Å²) in [5, 5.41) is 2.37. The van der Waals surface area contributed by atoms with Crippen molar-refractivity contribution in [2.45, 2.75) is 12.5 Å². The predicted molar refractivity (Wildman–Crippen MR) is 89.4 cm³/mol. The van der Waals surface area contributed by atoms with Crippen LogP contribution in [0.4, 0.5) is 0 Å². The molecule has 5 nitrogen and oxygen atoms in total. The molecule has 1 aliphatic heterocycles. The number of nitrogens with two attached hydrogens (primary N) is 1. The van der Waals surface area contributed by atoms with Crippen molar-refractivity contribution in [1.82, 2.24) is 10.4 Å². The molecule has 0 radical (unpaired) electrons. The Hall–Kier alpha value is -0.920. The first kappa shape index (κ1) is 18.1. The van der Waals surface area contributed by atoms with Gasteiger partial charge in [0.05, 0.1) is 13.2 Å². The average molecular weight is 332 g/mol. The number of rotatable bonds is 5. The number of halogens is 1. The van der Waals surface area contributed by atoms with Crippen molar-refractivity contribution in [1.29, 1.82) is 0 Å². The highest BCUT2D eigenvalue weighted by atomic mass is 35.5. The average Bonchev–Trinajstić information content (AvgIpc) is 2.47. The molecule has 0 unspecified atom stereocenters. The number of hydrogen-bond acceptors (Lipinski definition) is 5. The Morgan fingerprint density at radius 1 is 1.33 bits per heavy atom. The molecule has 118 valence electrons. The lowest BCUT2D eigenvalue weighted by molar-refractivity contribution is 0.0207. The first-order chi connectivity index (χ1) is 9.74. The molecule has 0 saturated carbocycles. The normalized spacial score (nSPS) is 16.6. The number of morpholine rings is 1. The van der Waals surface area contributed by atoms with Gasteiger partial charge in [-0.25, -0.2) is 5.01 Å². The summed E-state index contributed by atoms with van der Waals surface area (Å²) in [5.41, 5.74) is 10.3. The molecule has 0 aliphatic carbocycles. The van der Waals surface area contributed by atoms with Crippen molar-refractivity contribution in [3.8, 4) is 0 Å². The van der Waals surface area contributed by atoms with E-state index in [0.29, 0.717) is 25.0 Å². The molecule has 1 fully saturated rings. The van der Waals surface area contributed by atoms with E-state index in [1.54, 1.807) is 0 Å². The van der Waals surface area contributed by atoms with Crippen LogP contribution in [0.15, 0.2) is 30.3 Å². The van der Waals surface area contributed by atoms with Crippen molar-refractivity contribution >= 4 is 29.8 Å². The molecule has 1 aliphatic rings. The van der Waals surface area contributed by atoms with Gasteiger partial charge in [-0.05, 0) is 24.2 Å². The molecule has 0 spiro atoms. The highest BCUT2D eigenvalue weighted by molar-refractivity contribution is 7.80. The Bertz CT molecular complexity index is 416. The molecule has 1 atom stereocenters. The summed E-state index contributed by atoms with van der Waals surface area (Å²) >= 11 is 5.15. The standard InChI is InChI=1S/C14H21N3O2S.ClH/c15-13(10-12-4-2-1-3-5-12)11-19-14(20)16-17-6-8-18-9-7-17;/h1-5,13H,6-11,15H2,(H,16,20);1H/t13-;/m1./s1. The number of hydrazine groups is 1. The van der Waals surface area contributed by atoms with E-state index in [2.05, 4.69) is 17.6 Å². The second-order valence-corrected chi connectivity index (χ2v) is 5.13. The van der Waals surface area contributed by atoms with Gasteiger partial charge in [0.1, 0.15) is 6.61 Å². The van der Waals surface area contributed by atoms with Gasteiger partial charge in [0.15, 0.2) is 0 Å². The van der Waals surface area contributed by atoms with Crippen LogP contribution in [0.5, 0.6) is 0 Å². The van der Waals surface area contributed by atoms with Gasteiger partial charge in [-0.2, -0.15) is 0 Å². The fourth-order valence-electron chi connectivity index (χ4n) is 2.00. The zero-order valence-corrected chi connectivity index (χ0v) is 13.5. The monoisotopic (exact) mass is 331 g/mol. The molecule has 1 aromatic carbocycles. The van der Waals surface area contributed by atoms with Gasteiger partial charge in [-0.3, -0.25) is 5.43 Å². The van der Waals surface area contributed by atoms with E-state index in [1.807, 2.05) is 23.2 Å². The summed E-state index contributed by atoms with van der Waals surface area (Å²) in [6.45, 7) is 3.44. The van der Waals surface area contributed by atoms with Crippen LogP contribution in [0.1, 0.15) is 5.56 Å². The molecule has 1 aromatic rings. The second kappa shape index (κ2) is 9.92. The number of benzene rings is 1. The van der Waals surface area contributed by atoms with Gasteiger partial charge in [-0.15, -0.1) is 12.4 Å². The van der Waals surface area contributed by atoms with E-state index in [0.717, 1.165) is 19.5 Å². The maximum Gasteiger partial charge on any atom is 0.271 e. The summed E-state index contributed by atoms with van der Waals surface area (Å²) in [7, 11) is 0. The topological polar surface area (TPSA) is 59.8 Å². The van der Waals surface area contributed by atoms with Gasteiger partial charge in [0, 0.05) is 19.1 Å². The summed E-state index contributed by atoms with van der Waals surface area (Å²) in [6, 6.07) is 10.1. The minimum Gasteiger partial charge on any atom is -0.468 e. The van der Waals surface area contributed by atoms with Gasteiger partial charge in [0.2, 0.25) is 0 Å². The van der Waals surface area contributed by atoms with Crippen LogP contribution in [-0.4, -0.2) is 49.1 Å². The Kier molecular flexibility index (Phi) is 8.56. The quantitative estimate of drug-likeness (QED) is 0.788. The fraction of sp³-hybridized carbons (Fsp3) is 0.500. The molecule has 7 heteroatoms. The number of nitrogens with zero attached hydrogens (tertiary/aromatic N) is 1. The fourth-order valence-corrected chi connectivity index (χ4v) is 2.19. The van der Waals surface area contributed by atoms with Crippen molar-refractivity contribution < 1.29 is 9.47 Å². The first-order valence-electron chi connectivity index (χ1n) is 6.79. The van der Waals surface area contributed by atoms with Gasteiger partial charge in [0.25, 0.3) is 5.17 Å². The number of nitrogens with one attached hydrogen (secondary N) is 1. The smallest absolute Gasteiger partial charge is 0.271 e. The molecule has 21 heavy (non-hydrogen) atoms. The summed E-state index contributed by atoms with van der Waals surface area (Å²) in [5.74, 6) is 0. The third-order valence-corrected chi connectivity index (χ3v) is 3.24. The predicted octanol–water partition coefficient (Wildman–Crippen LogP) is 1.12. The van der Waals surface area contributed by atoms with Crippen LogP contribution in [0.25, 0.3) is 0 Å². The summed E-state index contributed by atoms with van der Waals surface area (Å²) in [4.78, 5) is 0. The van der Waals surface area contributed by atoms with E-state index in [-0.39, 0.29) is 18.4 Å². The van der Waals surface area contributed by atoms with Gasteiger partial charge in [-0.1, -0.05) is 30.3 Å². The second-order valence-electron chi connectivity index (χ2n) is 4.76. The van der Waals surface area contributed by atoms with Crippen molar-refractivity contribution in [3.63, 3.8) is 0 Å². The first-order valence-corrected chi connectivity index (χ1v) is 7.20. The van der Waals surface area contributed by atoms with Crippen LogP contribution >= 0.6 is 24.6 Å². The lowest BCUT2D eigenvalue weighted by Crippen LogP contribution is -2.49. The van der Waals surface area contributed by atoms with Crippen LogP contribution in [-0.2, 0) is 15.9 Å². The van der Waals surface area contributed by atoms with Crippen LogP contribution in [0.2, 0.25) is 0 Å². The van der Waals surface area contributed by atoms with Crippen LogP contribution in [0.3, 0.4) is 0 Å². The number of ether oxygens (including phenoxy) is 2. The molecular weight excluding hydrogens is 310 g/mol. The highest BCUT2D eigenvalue weighted by Crippen LogP contribution is 2.02. The molecule has 1 saturated heterocycles. The molecule has 0 aromatic heterocycles. The molecule has 2 rings (SSSR count). The van der Waals surface area contributed by atoms with Crippen LogP contribution in [0, 0.1) is 0 Å². The third kappa shape index (κ3) is 7.06. The van der Waals surface area contributed by atoms with Crippen LogP contribution < -0.4 is 11.2 Å². The van der Waals surface area contributed by atoms with Gasteiger partial charge >= 0.3 is 0 Å². The summed E-state index contributed by atoms with van der Waals surface area (Å²) in [6.07, 6.45) is 0.779. The Balaban J connectivity index is 0.00000220. The lowest BCUT2D eigenvalue weighted by atomic mass is 10.1. The zero-order chi connectivity index (χ0) is 14.2. The molecule has 0 bridgehead atoms. The van der Waals surface area contributed by atoms with E-state index in [1.165, 1.54) is 5.56 Å². The van der Waals surface area contributed by atoms with E-state index < -0.39 is 0 Å².